The Labute approximate surface area is 135 Å². The van der Waals surface area contributed by atoms with Crippen molar-refractivity contribution in [3.8, 4) is 5.75 Å². The van der Waals surface area contributed by atoms with Crippen LogP contribution in [0, 0.1) is 5.82 Å². The zero-order valence-corrected chi connectivity index (χ0v) is 13.3. The zero-order valence-electron chi connectivity index (χ0n) is 13.3. The molecular formula is C18H21FN2O2. The normalized spacial score (nSPS) is 12.0. The standard InChI is InChI=1S/C18H21FN2O2/c1-21(2)17(14-6-4-3-5-7-14)18(22)20-12-13-23-16-10-8-15(19)9-11-16/h3-11,17H,12-13H2,1-2H3,(H,20,22)/t17-/m0/s1. The number of rotatable bonds is 7. The predicted molar refractivity (Wildman–Crippen MR) is 87.8 cm³/mol. The van der Waals surface area contributed by atoms with E-state index in [1.165, 1.54) is 12.1 Å². The number of nitrogens with zero attached hydrogens (tertiary/aromatic N) is 1. The number of nitrogens with one attached hydrogen (secondary N) is 1. The number of benzene rings is 2. The fourth-order valence-corrected chi connectivity index (χ4v) is 2.29. The molecule has 5 heteroatoms. The average molecular weight is 316 g/mol. The van der Waals surface area contributed by atoms with Crippen LogP contribution in [0.5, 0.6) is 5.75 Å². The summed E-state index contributed by atoms with van der Waals surface area (Å²) in [5.41, 5.74) is 0.939. The van der Waals surface area contributed by atoms with Crippen LogP contribution in [-0.2, 0) is 4.79 Å². The van der Waals surface area contributed by atoms with E-state index in [1.807, 2.05) is 49.3 Å². The first-order chi connectivity index (χ1) is 11.1. The van der Waals surface area contributed by atoms with Gasteiger partial charge in [-0.15, -0.1) is 0 Å². The van der Waals surface area contributed by atoms with Crippen LogP contribution < -0.4 is 10.1 Å². The summed E-state index contributed by atoms with van der Waals surface area (Å²) >= 11 is 0. The molecule has 0 aliphatic carbocycles. The van der Waals surface area contributed by atoms with Gasteiger partial charge in [-0.2, -0.15) is 0 Å². The van der Waals surface area contributed by atoms with Crippen molar-refractivity contribution in [3.63, 3.8) is 0 Å². The van der Waals surface area contributed by atoms with Gasteiger partial charge in [0, 0.05) is 0 Å². The Morgan fingerprint density at radius 2 is 1.78 bits per heavy atom. The van der Waals surface area contributed by atoms with Crippen LogP contribution in [0.2, 0.25) is 0 Å². The lowest BCUT2D eigenvalue weighted by Crippen LogP contribution is -2.38. The van der Waals surface area contributed by atoms with Gasteiger partial charge in [0.1, 0.15) is 24.2 Å². The molecule has 0 heterocycles. The van der Waals surface area contributed by atoms with Crippen molar-refractivity contribution in [3.05, 3.63) is 66.0 Å². The van der Waals surface area contributed by atoms with Crippen LogP contribution in [-0.4, -0.2) is 38.1 Å². The van der Waals surface area contributed by atoms with E-state index >= 15 is 0 Å². The molecule has 1 N–H and O–H groups in total. The predicted octanol–water partition coefficient (Wildman–Crippen LogP) is 2.62. The molecule has 2 aromatic rings. The summed E-state index contributed by atoms with van der Waals surface area (Å²) in [4.78, 5) is 14.2. The van der Waals surface area contributed by atoms with Crippen molar-refractivity contribution in [2.24, 2.45) is 0 Å². The number of ether oxygens (including phenoxy) is 1. The van der Waals surface area contributed by atoms with E-state index in [0.717, 1.165) is 5.56 Å². The summed E-state index contributed by atoms with van der Waals surface area (Å²) < 4.78 is 18.3. The Hall–Kier alpha value is -2.40. The second-order valence-electron chi connectivity index (χ2n) is 5.37. The maximum Gasteiger partial charge on any atom is 0.242 e. The molecule has 4 nitrogen and oxygen atoms in total. The molecule has 0 aromatic heterocycles. The van der Waals surface area contributed by atoms with Crippen LogP contribution in [0.15, 0.2) is 54.6 Å². The van der Waals surface area contributed by atoms with Gasteiger partial charge in [-0.25, -0.2) is 4.39 Å². The number of amides is 1. The van der Waals surface area contributed by atoms with Gasteiger partial charge in [0.05, 0.1) is 6.54 Å². The summed E-state index contributed by atoms with van der Waals surface area (Å²) in [5.74, 6) is 0.194. The molecular weight excluding hydrogens is 295 g/mol. The lowest BCUT2D eigenvalue weighted by molar-refractivity contribution is -0.125. The van der Waals surface area contributed by atoms with E-state index < -0.39 is 0 Å². The minimum Gasteiger partial charge on any atom is -0.492 e. The molecule has 1 atom stereocenters. The van der Waals surface area contributed by atoms with Crippen LogP contribution in [0.1, 0.15) is 11.6 Å². The fraction of sp³-hybridized carbons (Fsp3) is 0.278. The molecule has 1 amide bonds. The van der Waals surface area contributed by atoms with E-state index in [0.29, 0.717) is 18.9 Å². The Morgan fingerprint density at radius 1 is 1.13 bits per heavy atom. The van der Waals surface area contributed by atoms with Crippen molar-refractivity contribution in [2.75, 3.05) is 27.2 Å². The molecule has 2 rings (SSSR count). The first-order valence-electron chi connectivity index (χ1n) is 7.45. The highest BCUT2D eigenvalue weighted by Gasteiger charge is 2.22. The Morgan fingerprint density at radius 3 is 2.39 bits per heavy atom. The second kappa shape index (κ2) is 8.29. The maximum atomic E-state index is 12.8. The van der Waals surface area contributed by atoms with E-state index in [2.05, 4.69) is 5.32 Å². The van der Waals surface area contributed by atoms with Crippen molar-refractivity contribution < 1.29 is 13.9 Å². The molecule has 0 saturated carbocycles. The Bertz CT molecular complexity index is 615. The SMILES string of the molecule is CN(C)[C@H](C(=O)NCCOc1ccc(F)cc1)c1ccccc1. The molecule has 23 heavy (non-hydrogen) atoms. The topological polar surface area (TPSA) is 41.6 Å². The number of halogens is 1. The summed E-state index contributed by atoms with van der Waals surface area (Å²) in [6, 6.07) is 15.1. The van der Waals surface area contributed by atoms with Gasteiger partial charge < -0.3 is 10.1 Å². The molecule has 2 aromatic carbocycles. The molecule has 0 fully saturated rings. The molecule has 0 aliphatic rings. The van der Waals surface area contributed by atoms with Crippen LogP contribution in [0.3, 0.4) is 0 Å². The second-order valence-corrected chi connectivity index (χ2v) is 5.37. The van der Waals surface area contributed by atoms with Gasteiger partial charge in [-0.05, 0) is 43.9 Å². The third kappa shape index (κ3) is 5.07. The molecule has 0 aliphatic heterocycles. The minimum atomic E-state index is -0.345. The largest absolute Gasteiger partial charge is 0.492 e. The molecule has 0 saturated heterocycles. The maximum absolute atomic E-state index is 12.8. The molecule has 0 radical (unpaired) electrons. The van der Waals surface area contributed by atoms with Crippen molar-refractivity contribution in [1.82, 2.24) is 10.2 Å². The van der Waals surface area contributed by atoms with E-state index in [4.69, 9.17) is 4.74 Å². The number of hydrogen-bond donors (Lipinski definition) is 1. The third-order valence-corrected chi connectivity index (χ3v) is 3.36. The smallest absolute Gasteiger partial charge is 0.242 e. The number of carbonyl (C=O) groups excluding carboxylic acids is 1. The lowest BCUT2D eigenvalue weighted by Gasteiger charge is -2.23. The van der Waals surface area contributed by atoms with Gasteiger partial charge in [0.25, 0.3) is 0 Å². The summed E-state index contributed by atoms with van der Waals surface area (Å²) in [6.07, 6.45) is 0. The van der Waals surface area contributed by atoms with E-state index in [1.54, 1.807) is 12.1 Å². The van der Waals surface area contributed by atoms with Gasteiger partial charge in [-0.1, -0.05) is 30.3 Å². The highest BCUT2D eigenvalue weighted by molar-refractivity contribution is 5.83. The minimum absolute atomic E-state index is 0.0797. The quantitative estimate of drug-likeness (QED) is 0.799. The van der Waals surface area contributed by atoms with Gasteiger partial charge in [0.2, 0.25) is 5.91 Å². The fourth-order valence-electron chi connectivity index (χ4n) is 2.29. The van der Waals surface area contributed by atoms with Crippen LogP contribution in [0.25, 0.3) is 0 Å². The number of carbonyl (C=O) groups is 1. The summed E-state index contributed by atoms with van der Waals surface area (Å²) in [7, 11) is 3.73. The number of hydrogen-bond acceptors (Lipinski definition) is 3. The third-order valence-electron chi connectivity index (χ3n) is 3.36. The van der Waals surface area contributed by atoms with Gasteiger partial charge >= 0.3 is 0 Å². The van der Waals surface area contributed by atoms with Gasteiger partial charge in [-0.3, -0.25) is 9.69 Å². The first kappa shape index (κ1) is 17.0. The monoisotopic (exact) mass is 316 g/mol. The highest BCUT2D eigenvalue weighted by atomic mass is 19.1. The highest BCUT2D eigenvalue weighted by Crippen LogP contribution is 2.17. The lowest BCUT2D eigenvalue weighted by atomic mass is 10.1. The van der Waals surface area contributed by atoms with E-state index in [9.17, 15) is 9.18 Å². The average Bonchev–Trinajstić information content (AvgIpc) is 2.54. The van der Waals surface area contributed by atoms with Crippen LogP contribution >= 0.6 is 0 Å². The molecule has 0 unspecified atom stereocenters. The summed E-state index contributed by atoms with van der Waals surface area (Å²) in [5, 5.41) is 2.86. The van der Waals surface area contributed by atoms with E-state index in [-0.39, 0.29) is 17.8 Å². The Balaban J connectivity index is 1.84. The van der Waals surface area contributed by atoms with Gasteiger partial charge in [0.15, 0.2) is 0 Å². The van der Waals surface area contributed by atoms with Crippen molar-refractivity contribution in [2.45, 2.75) is 6.04 Å². The molecule has 0 spiro atoms. The number of likely N-dealkylation sites (N-methyl/N-ethyl adjacent to an activating group) is 1. The Kier molecular flexibility index (Phi) is 6.11. The van der Waals surface area contributed by atoms with Crippen molar-refractivity contribution in [1.29, 1.82) is 0 Å². The first-order valence-corrected chi connectivity index (χ1v) is 7.45. The van der Waals surface area contributed by atoms with Crippen LogP contribution in [0.4, 0.5) is 4.39 Å². The summed E-state index contributed by atoms with van der Waals surface area (Å²) in [6.45, 7) is 0.708. The zero-order chi connectivity index (χ0) is 16.7. The molecule has 0 bridgehead atoms. The van der Waals surface area contributed by atoms with Crippen molar-refractivity contribution >= 4 is 5.91 Å². The molecule has 122 valence electrons.